The molecule has 1 amide bonds. The van der Waals surface area contributed by atoms with Crippen molar-refractivity contribution in [1.29, 1.82) is 0 Å². The number of benzene rings is 2. The summed E-state index contributed by atoms with van der Waals surface area (Å²) in [5.41, 5.74) is 4.10. The van der Waals surface area contributed by atoms with Crippen LogP contribution in [-0.4, -0.2) is 44.2 Å². The summed E-state index contributed by atoms with van der Waals surface area (Å²) in [6.07, 6.45) is 1.50. The highest BCUT2D eigenvalue weighted by molar-refractivity contribution is 8.01. The van der Waals surface area contributed by atoms with Crippen molar-refractivity contribution >= 4 is 45.4 Å². The summed E-state index contributed by atoms with van der Waals surface area (Å²) >= 11 is 2.94. The van der Waals surface area contributed by atoms with Gasteiger partial charge >= 0.3 is 0 Å². The number of ether oxygens (including phenoxy) is 3. The van der Waals surface area contributed by atoms with E-state index in [1.54, 1.807) is 30.6 Å². The Hall–Kier alpha value is -2.78. The maximum absolute atomic E-state index is 12.1. The number of aromatic nitrogens is 1. The van der Waals surface area contributed by atoms with E-state index in [4.69, 9.17) is 14.2 Å². The standard InChI is InChI=1S/C19H19N3O4S2/c1-24-14-9-8-12(17(25-2)18(14)26-3)10-20-22-16(23)11-27-19-21-13-6-4-5-7-15(13)28-19/h4-10H,11H2,1-3H3,(H,22,23)/b20-10-. The van der Waals surface area contributed by atoms with Crippen LogP contribution in [0.2, 0.25) is 0 Å². The van der Waals surface area contributed by atoms with Crippen molar-refractivity contribution in [2.24, 2.45) is 5.10 Å². The number of thioether (sulfide) groups is 1. The van der Waals surface area contributed by atoms with Gasteiger partial charge in [0.05, 0.1) is 43.5 Å². The number of para-hydroxylation sites is 1. The molecule has 7 nitrogen and oxygen atoms in total. The number of nitrogens with one attached hydrogen (secondary N) is 1. The Morgan fingerprint density at radius 2 is 1.93 bits per heavy atom. The van der Waals surface area contributed by atoms with E-state index in [0.717, 1.165) is 14.6 Å². The molecule has 0 fully saturated rings. The molecule has 0 atom stereocenters. The third kappa shape index (κ3) is 4.55. The van der Waals surface area contributed by atoms with Crippen LogP contribution in [0.1, 0.15) is 5.56 Å². The van der Waals surface area contributed by atoms with Crippen molar-refractivity contribution in [3.63, 3.8) is 0 Å². The second-order valence-corrected chi connectivity index (χ2v) is 7.71. The molecule has 1 aromatic heterocycles. The fourth-order valence-corrected chi connectivity index (χ4v) is 4.33. The molecule has 146 valence electrons. The van der Waals surface area contributed by atoms with E-state index in [1.807, 2.05) is 24.3 Å². The number of fused-ring (bicyclic) bond motifs is 1. The van der Waals surface area contributed by atoms with Crippen LogP contribution in [0.3, 0.4) is 0 Å². The zero-order chi connectivity index (χ0) is 19.9. The van der Waals surface area contributed by atoms with Gasteiger partial charge in [0.25, 0.3) is 5.91 Å². The summed E-state index contributed by atoms with van der Waals surface area (Å²) in [5.74, 6) is 1.49. The van der Waals surface area contributed by atoms with Crippen LogP contribution in [0.5, 0.6) is 17.2 Å². The number of methoxy groups -OCH3 is 3. The zero-order valence-corrected chi connectivity index (χ0v) is 17.2. The summed E-state index contributed by atoms with van der Waals surface area (Å²) in [6, 6.07) is 11.4. The van der Waals surface area contributed by atoms with E-state index >= 15 is 0 Å². The molecule has 0 bridgehead atoms. The molecule has 1 heterocycles. The van der Waals surface area contributed by atoms with Gasteiger partial charge in [-0.05, 0) is 24.3 Å². The molecular formula is C19H19N3O4S2. The normalized spacial score (nSPS) is 11.0. The van der Waals surface area contributed by atoms with Gasteiger partial charge in [-0.3, -0.25) is 4.79 Å². The Morgan fingerprint density at radius 3 is 2.64 bits per heavy atom. The molecule has 0 saturated heterocycles. The number of nitrogens with zero attached hydrogens (tertiary/aromatic N) is 2. The predicted molar refractivity (Wildman–Crippen MR) is 112 cm³/mol. The third-order valence-corrected chi connectivity index (χ3v) is 5.91. The molecule has 0 unspecified atom stereocenters. The van der Waals surface area contributed by atoms with Crippen LogP contribution in [0.15, 0.2) is 45.8 Å². The van der Waals surface area contributed by atoms with Gasteiger partial charge in [0.2, 0.25) is 5.75 Å². The van der Waals surface area contributed by atoms with Crippen LogP contribution >= 0.6 is 23.1 Å². The first-order chi connectivity index (χ1) is 13.7. The average Bonchev–Trinajstić information content (AvgIpc) is 3.14. The Kier molecular flexibility index (Phi) is 6.72. The number of hydrazone groups is 1. The first-order valence-electron chi connectivity index (χ1n) is 8.25. The van der Waals surface area contributed by atoms with Gasteiger partial charge in [-0.1, -0.05) is 23.9 Å². The fraction of sp³-hybridized carbons (Fsp3) is 0.211. The lowest BCUT2D eigenvalue weighted by molar-refractivity contribution is -0.118. The highest BCUT2D eigenvalue weighted by Crippen LogP contribution is 2.39. The maximum Gasteiger partial charge on any atom is 0.250 e. The van der Waals surface area contributed by atoms with E-state index in [1.165, 1.54) is 32.2 Å². The van der Waals surface area contributed by atoms with E-state index < -0.39 is 0 Å². The van der Waals surface area contributed by atoms with E-state index in [0.29, 0.717) is 22.8 Å². The minimum Gasteiger partial charge on any atom is -0.493 e. The Labute approximate surface area is 170 Å². The zero-order valence-electron chi connectivity index (χ0n) is 15.6. The quantitative estimate of drug-likeness (QED) is 0.343. The SMILES string of the molecule is COc1ccc(/C=N\NC(=O)CSc2nc3ccccc3s2)c(OC)c1OC. The topological polar surface area (TPSA) is 82.0 Å². The monoisotopic (exact) mass is 417 g/mol. The molecule has 0 saturated carbocycles. The highest BCUT2D eigenvalue weighted by Gasteiger charge is 2.14. The largest absolute Gasteiger partial charge is 0.493 e. The third-order valence-electron chi connectivity index (χ3n) is 3.73. The van der Waals surface area contributed by atoms with E-state index in [2.05, 4.69) is 15.5 Å². The molecule has 3 rings (SSSR count). The van der Waals surface area contributed by atoms with Crippen LogP contribution in [-0.2, 0) is 4.79 Å². The van der Waals surface area contributed by atoms with Crippen molar-refractivity contribution in [3.8, 4) is 17.2 Å². The molecule has 28 heavy (non-hydrogen) atoms. The Bertz CT molecular complexity index is 971. The number of hydrogen-bond donors (Lipinski definition) is 1. The van der Waals surface area contributed by atoms with Crippen molar-refractivity contribution in [2.45, 2.75) is 4.34 Å². The summed E-state index contributed by atoms with van der Waals surface area (Å²) in [6.45, 7) is 0. The molecule has 0 radical (unpaired) electrons. The number of carbonyl (C=O) groups excluding carboxylic acids is 1. The van der Waals surface area contributed by atoms with E-state index in [9.17, 15) is 4.79 Å². The minimum absolute atomic E-state index is 0.222. The number of hydrogen-bond acceptors (Lipinski definition) is 8. The van der Waals surface area contributed by atoms with Crippen molar-refractivity contribution in [2.75, 3.05) is 27.1 Å². The first-order valence-corrected chi connectivity index (χ1v) is 10.1. The predicted octanol–water partition coefficient (Wildman–Crippen LogP) is 3.56. The number of amides is 1. The summed E-state index contributed by atoms with van der Waals surface area (Å²) in [4.78, 5) is 16.5. The van der Waals surface area contributed by atoms with Crippen LogP contribution in [0, 0.1) is 0 Å². The molecule has 9 heteroatoms. The minimum atomic E-state index is -0.222. The van der Waals surface area contributed by atoms with Gasteiger partial charge in [-0.15, -0.1) is 11.3 Å². The fourth-order valence-electron chi connectivity index (χ4n) is 2.47. The summed E-state index contributed by atoms with van der Waals surface area (Å²) in [5, 5.41) is 4.00. The smallest absolute Gasteiger partial charge is 0.250 e. The molecule has 0 aliphatic heterocycles. The Morgan fingerprint density at radius 1 is 1.14 bits per heavy atom. The van der Waals surface area contributed by atoms with Gasteiger partial charge in [-0.25, -0.2) is 10.4 Å². The summed E-state index contributed by atoms with van der Waals surface area (Å²) < 4.78 is 17.9. The van der Waals surface area contributed by atoms with Gasteiger partial charge in [0.1, 0.15) is 0 Å². The average molecular weight is 418 g/mol. The van der Waals surface area contributed by atoms with Crippen LogP contribution in [0.4, 0.5) is 0 Å². The molecule has 0 aliphatic carbocycles. The molecule has 0 aliphatic rings. The van der Waals surface area contributed by atoms with Gasteiger partial charge < -0.3 is 14.2 Å². The Balaban J connectivity index is 1.60. The van der Waals surface area contributed by atoms with Crippen molar-refractivity contribution < 1.29 is 19.0 Å². The first kappa shape index (κ1) is 20.0. The second-order valence-electron chi connectivity index (χ2n) is 5.45. The lowest BCUT2D eigenvalue weighted by atomic mass is 10.2. The lowest BCUT2D eigenvalue weighted by Gasteiger charge is -2.13. The lowest BCUT2D eigenvalue weighted by Crippen LogP contribution is -2.19. The van der Waals surface area contributed by atoms with Gasteiger partial charge in [-0.2, -0.15) is 5.10 Å². The van der Waals surface area contributed by atoms with E-state index in [-0.39, 0.29) is 11.7 Å². The number of carbonyl (C=O) groups is 1. The molecular weight excluding hydrogens is 398 g/mol. The van der Waals surface area contributed by atoms with Crippen molar-refractivity contribution in [3.05, 3.63) is 42.0 Å². The number of thiazole rings is 1. The van der Waals surface area contributed by atoms with Crippen LogP contribution in [0.25, 0.3) is 10.2 Å². The molecule has 1 N–H and O–H groups in total. The second kappa shape index (κ2) is 9.43. The molecule has 2 aromatic carbocycles. The number of rotatable bonds is 8. The molecule has 3 aromatic rings. The van der Waals surface area contributed by atoms with Crippen molar-refractivity contribution in [1.82, 2.24) is 10.4 Å². The molecule has 0 spiro atoms. The summed E-state index contributed by atoms with van der Waals surface area (Å²) in [7, 11) is 4.61. The van der Waals surface area contributed by atoms with Crippen LogP contribution < -0.4 is 19.6 Å². The van der Waals surface area contributed by atoms with Gasteiger partial charge in [0, 0.05) is 5.56 Å². The van der Waals surface area contributed by atoms with Gasteiger partial charge in [0.15, 0.2) is 15.8 Å². The maximum atomic E-state index is 12.1. The highest BCUT2D eigenvalue weighted by atomic mass is 32.2.